The molecule has 112 valence electrons. The molecule has 0 saturated heterocycles. The number of hydrogen-bond acceptors (Lipinski definition) is 3. The lowest BCUT2D eigenvalue weighted by Gasteiger charge is -1.79. The third kappa shape index (κ3) is 8.68. The molecule has 0 unspecified atom stereocenters. The molecule has 3 aromatic rings. The number of aryl methyl sites for hydroxylation is 3. The van der Waals surface area contributed by atoms with E-state index < -0.39 is 0 Å². The van der Waals surface area contributed by atoms with Gasteiger partial charge in [-0.3, -0.25) is 0 Å². The molecule has 6 heteroatoms. The topological polar surface area (TPSA) is 86.0 Å². The van der Waals surface area contributed by atoms with Crippen LogP contribution in [0.25, 0.3) is 0 Å². The Balaban J connectivity index is 0. The maximum atomic E-state index is 3.96. The van der Waals surface area contributed by atoms with E-state index in [1.54, 1.807) is 37.6 Å². The van der Waals surface area contributed by atoms with Crippen molar-refractivity contribution in [3.63, 3.8) is 0 Å². The van der Waals surface area contributed by atoms with E-state index in [4.69, 9.17) is 0 Å². The van der Waals surface area contributed by atoms with Gasteiger partial charge in [0, 0.05) is 30.0 Å². The normalized spacial score (nSPS) is 7.95. The lowest BCUT2D eigenvalue weighted by molar-refractivity contribution is 1.22. The van der Waals surface area contributed by atoms with Crippen LogP contribution in [0.3, 0.4) is 0 Å². The van der Waals surface area contributed by atoms with Gasteiger partial charge in [-0.2, -0.15) is 0 Å². The van der Waals surface area contributed by atoms with Crippen LogP contribution in [0.4, 0.5) is 0 Å². The molecule has 0 aliphatic carbocycles. The predicted molar refractivity (Wildman–Crippen MR) is 83.4 cm³/mol. The second-order valence-corrected chi connectivity index (χ2v) is 3.61. The van der Waals surface area contributed by atoms with Crippen LogP contribution in [0.1, 0.15) is 31.9 Å². The minimum atomic E-state index is 0. The number of aromatic amines is 3. The summed E-state index contributed by atoms with van der Waals surface area (Å²) in [5.74, 6) is 0. The van der Waals surface area contributed by atoms with Crippen LogP contribution in [-0.4, -0.2) is 29.9 Å². The zero-order chi connectivity index (χ0) is 13.2. The molecule has 0 amide bonds. The smallest absolute Gasteiger partial charge is 0.0925 e. The summed E-state index contributed by atoms with van der Waals surface area (Å²) in [7, 11) is 0. The van der Waals surface area contributed by atoms with Gasteiger partial charge in [0.1, 0.15) is 0 Å². The van der Waals surface area contributed by atoms with Gasteiger partial charge >= 0.3 is 0 Å². The highest BCUT2D eigenvalue weighted by Crippen LogP contribution is 1.94. The van der Waals surface area contributed by atoms with Crippen LogP contribution in [0, 0.1) is 20.8 Å². The number of imidazole rings is 3. The van der Waals surface area contributed by atoms with Crippen molar-refractivity contribution in [3.05, 3.63) is 54.7 Å². The summed E-state index contributed by atoms with van der Waals surface area (Å²) in [6, 6.07) is 0. The maximum Gasteiger partial charge on any atom is 0.0925 e. The summed E-state index contributed by atoms with van der Waals surface area (Å²) in [6.45, 7) is 5.95. The van der Waals surface area contributed by atoms with Crippen molar-refractivity contribution in [1.82, 2.24) is 29.9 Å². The molecule has 3 aromatic heterocycles. The highest BCUT2D eigenvalue weighted by Gasteiger charge is 1.87. The summed E-state index contributed by atoms with van der Waals surface area (Å²) >= 11 is 0. The van der Waals surface area contributed by atoms with Crippen molar-refractivity contribution >= 4 is 0 Å². The van der Waals surface area contributed by atoms with Crippen molar-refractivity contribution in [2.75, 3.05) is 0 Å². The summed E-state index contributed by atoms with van der Waals surface area (Å²) in [6.07, 6.45) is 10.2. The number of nitrogens with one attached hydrogen (secondary N) is 3. The van der Waals surface area contributed by atoms with Crippen LogP contribution < -0.4 is 0 Å². The van der Waals surface area contributed by atoms with Crippen molar-refractivity contribution in [2.45, 2.75) is 35.6 Å². The Bertz CT molecular complexity index is 462. The van der Waals surface area contributed by atoms with Crippen LogP contribution in [-0.2, 0) is 0 Å². The third-order valence-electron chi connectivity index (χ3n) is 2.12. The lowest BCUT2D eigenvalue weighted by Crippen LogP contribution is -1.71. The predicted octanol–water partition coefficient (Wildman–Crippen LogP) is 3.43. The molecule has 20 heavy (non-hydrogen) atoms. The number of nitrogens with zero attached hydrogens (tertiary/aromatic N) is 3. The molecule has 0 spiro atoms. The molecule has 0 aliphatic heterocycles. The summed E-state index contributed by atoms with van der Waals surface area (Å²) in [4.78, 5) is 20.0. The fraction of sp³-hybridized carbons (Fsp3) is 0.357. The van der Waals surface area contributed by atoms with Gasteiger partial charge in [0.25, 0.3) is 0 Å². The fourth-order valence-corrected chi connectivity index (χ4v) is 0.968. The van der Waals surface area contributed by atoms with Crippen LogP contribution in [0.15, 0.2) is 37.6 Å². The molecular formula is C14H26N6. The number of hydrogen-bond donors (Lipinski definition) is 3. The maximum absolute atomic E-state index is 3.96. The van der Waals surface area contributed by atoms with E-state index in [2.05, 4.69) is 29.9 Å². The third-order valence-corrected chi connectivity index (χ3v) is 2.12. The van der Waals surface area contributed by atoms with Crippen LogP contribution in [0.2, 0.25) is 0 Å². The molecule has 0 radical (unpaired) electrons. The minimum Gasteiger partial charge on any atom is -0.351 e. The molecule has 0 saturated carbocycles. The standard InChI is InChI=1S/C5H8N2.C4H6N2.C3H4N2.2CH4/c1-4-5(2)7-3-6-4;1-4-2-5-3-6-4;1-2-5-3-4-1;;/h3H,1-2H3,(H,6,7);2-3H,1H3,(H,5,6);1-3H,(H,4,5);2*1H4. The Kier molecular flexibility index (Phi) is 11.7. The monoisotopic (exact) mass is 278 g/mol. The lowest BCUT2D eigenvalue weighted by atomic mass is 10.4. The average molecular weight is 278 g/mol. The second kappa shape index (κ2) is 11.7. The Hall–Kier alpha value is -2.37. The molecule has 0 atom stereocenters. The van der Waals surface area contributed by atoms with E-state index in [-0.39, 0.29) is 14.9 Å². The van der Waals surface area contributed by atoms with E-state index in [1.165, 1.54) is 0 Å². The van der Waals surface area contributed by atoms with Gasteiger partial charge in [-0.25, -0.2) is 15.0 Å². The summed E-state index contributed by atoms with van der Waals surface area (Å²) in [5.41, 5.74) is 3.34. The molecule has 0 aromatic carbocycles. The van der Waals surface area contributed by atoms with Crippen molar-refractivity contribution in [2.24, 2.45) is 0 Å². The Morgan fingerprint density at radius 3 is 1.80 bits per heavy atom. The molecule has 6 nitrogen and oxygen atoms in total. The molecule has 0 fully saturated rings. The van der Waals surface area contributed by atoms with Gasteiger partial charge in [-0.1, -0.05) is 14.9 Å². The Labute approximate surface area is 121 Å². The number of H-pyrrole nitrogens is 3. The van der Waals surface area contributed by atoms with Gasteiger partial charge in [-0.15, -0.1) is 0 Å². The SMILES string of the molecule is C.C.Cc1cnc[nH]1.Cc1nc[nH]c1C.c1c[nH]cn1. The fourth-order valence-electron chi connectivity index (χ4n) is 0.968. The van der Waals surface area contributed by atoms with E-state index >= 15 is 0 Å². The average Bonchev–Trinajstić information content (AvgIpc) is 3.06. The summed E-state index contributed by atoms with van der Waals surface area (Å²) in [5, 5.41) is 0. The quantitative estimate of drug-likeness (QED) is 0.589. The molecular weight excluding hydrogens is 252 g/mol. The van der Waals surface area contributed by atoms with Crippen molar-refractivity contribution in [1.29, 1.82) is 0 Å². The zero-order valence-electron chi connectivity index (χ0n) is 10.8. The van der Waals surface area contributed by atoms with E-state index in [0.717, 1.165) is 17.1 Å². The van der Waals surface area contributed by atoms with Crippen molar-refractivity contribution < 1.29 is 0 Å². The first-order valence-corrected chi connectivity index (χ1v) is 5.54. The van der Waals surface area contributed by atoms with E-state index in [0.29, 0.717) is 0 Å². The molecule has 3 heterocycles. The first kappa shape index (κ1) is 20.0. The minimum absolute atomic E-state index is 0. The Morgan fingerprint density at radius 1 is 0.900 bits per heavy atom. The van der Waals surface area contributed by atoms with E-state index in [1.807, 2.05) is 20.8 Å². The molecule has 0 aliphatic rings. The molecule has 3 rings (SSSR count). The van der Waals surface area contributed by atoms with Gasteiger partial charge in [-0.05, 0) is 20.8 Å². The van der Waals surface area contributed by atoms with Crippen LogP contribution in [0.5, 0.6) is 0 Å². The highest BCUT2D eigenvalue weighted by atomic mass is 14.9. The van der Waals surface area contributed by atoms with Crippen molar-refractivity contribution in [3.8, 4) is 0 Å². The first-order valence-electron chi connectivity index (χ1n) is 5.54. The van der Waals surface area contributed by atoms with Gasteiger partial charge in [0.15, 0.2) is 0 Å². The first-order chi connectivity index (χ1) is 8.70. The van der Waals surface area contributed by atoms with Crippen LogP contribution >= 0.6 is 0 Å². The second-order valence-electron chi connectivity index (χ2n) is 3.61. The van der Waals surface area contributed by atoms with E-state index in [9.17, 15) is 0 Å². The highest BCUT2D eigenvalue weighted by molar-refractivity contribution is 5.04. The van der Waals surface area contributed by atoms with Gasteiger partial charge in [0.05, 0.1) is 24.7 Å². The number of rotatable bonds is 0. The summed E-state index contributed by atoms with van der Waals surface area (Å²) < 4.78 is 0. The largest absolute Gasteiger partial charge is 0.351 e. The zero-order valence-corrected chi connectivity index (χ0v) is 10.8. The Morgan fingerprint density at radius 2 is 1.65 bits per heavy atom. The number of aromatic nitrogens is 6. The molecule has 0 bridgehead atoms. The van der Waals surface area contributed by atoms with Gasteiger partial charge < -0.3 is 15.0 Å². The van der Waals surface area contributed by atoms with Gasteiger partial charge in [0.2, 0.25) is 0 Å². The molecule has 3 N–H and O–H groups in total.